The van der Waals surface area contributed by atoms with Crippen molar-refractivity contribution in [2.45, 2.75) is 312 Å². The van der Waals surface area contributed by atoms with Crippen molar-refractivity contribution in [3.8, 4) is 0 Å². The van der Waals surface area contributed by atoms with Crippen LogP contribution in [0, 0.1) is 0 Å². The maximum atomic E-state index is 13.3. The van der Waals surface area contributed by atoms with Gasteiger partial charge in [-0.3, -0.25) is 4.79 Å². The van der Waals surface area contributed by atoms with Crippen LogP contribution in [0.1, 0.15) is 239 Å². The number of hydrogen-bond donors (Lipinski definition) is 9. The van der Waals surface area contributed by atoms with Crippen molar-refractivity contribution < 1.29 is 64.6 Å². The maximum Gasteiger partial charge on any atom is 0.220 e. The van der Waals surface area contributed by atoms with Crippen LogP contribution in [0.15, 0.2) is 60.8 Å². The van der Waals surface area contributed by atoms with Gasteiger partial charge in [0.2, 0.25) is 5.91 Å². The van der Waals surface area contributed by atoms with Crippen molar-refractivity contribution in [3.05, 3.63) is 60.8 Å². The van der Waals surface area contributed by atoms with Crippen LogP contribution in [0.25, 0.3) is 0 Å². The van der Waals surface area contributed by atoms with Gasteiger partial charge in [-0.15, -0.1) is 0 Å². The number of hydrogen-bond acceptors (Lipinski definition) is 13. The molecule has 0 spiro atoms. The fraction of sp³-hybridized carbons (Fsp3) is 0.825. The molecule has 14 nitrogen and oxygen atoms in total. The van der Waals surface area contributed by atoms with E-state index in [9.17, 15) is 45.6 Å². The number of carbonyl (C=O) groups is 1. The van der Waals surface area contributed by atoms with Gasteiger partial charge in [-0.2, -0.15) is 0 Å². The van der Waals surface area contributed by atoms with Gasteiger partial charge in [-0.05, 0) is 57.8 Å². The van der Waals surface area contributed by atoms with Crippen molar-refractivity contribution in [2.24, 2.45) is 0 Å². The third-order valence-corrected chi connectivity index (χ3v) is 15.0. The molecule has 2 aliphatic rings. The monoisotopic (exact) mass is 1090 g/mol. The average molecular weight is 1090 g/mol. The van der Waals surface area contributed by atoms with E-state index in [4.69, 9.17) is 18.9 Å². The molecule has 77 heavy (non-hydrogen) atoms. The Bertz CT molecular complexity index is 1520. The highest BCUT2D eigenvalue weighted by Crippen LogP contribution is 2.30. The number of allylic oxidation sites excluding steroid dienone is 9. The molecule has 448 valence electrons. The van der Waals surface area contributed by atoms with Crippen LogP contribution in [-0.4, -0.2) is 140 Å². The van der Waals surface area contributed by atoms with E-state index in [0.29, 0.717) is 6.42 Å². The lowest BCUT2D eigenvalue weighted by atomic mass is 9.97. The van der Waals surface area contributed by atoms with Gasteiger partial charge in [0, 0.05) is 6.42 Å². The molecular weight excluding hydrogens is 979 g/mol. The van der Waals surface area contributed by atoms with Crippen molar-refractivity contribution >= 4 is 5.91 Å². The standard InChI is InChI=1S/C63H113NO13/c1-3-5-7-9-11-13-15-17-19-20-21-22-23-24-25-26-27-28-29-30-31-32-33-35-37-39-41-43-45-47-55(68)64-51(52(67)46-44-42-40-38-36-34-18-16-14-12-10-8-6-4-2)50-74-62-60(73)58(71)61(54(49-66)76-62)77-63-59(72)57(70)56(69)53(48-65)75-63/h5,7,11,13,17,19,21-22,44,46,51-54,56-63,65-67,69-73H,3-4,6,8-10,12,14-16,18,20,23-43,45,47-50H2,1-2H3,(H,64,68)/b7-5-,13-11-,19-17-,22-21-,46-44+. The van der Waals surface area contributed by atoms with Crippen LogP contribution >= 0.6 is 0 Å². The Hall–Kier alpha value is -2.31. The quantitative estimate of drug-likeness (QED) is 0.0204. The molecular formula is C63H113NO13. The second-order valence-electron chi connectivity index (χ2n) is 21.8. The van der Waals surface area contributed by atoms with Gasteiger partial charge in [-0.1, -0.05) is 235 Å². The van der Waals surface area contributed by atoms with Crippen LogP contribution in [-0.2, 0) is 23.7 Å². The molecule has 2 aliphatic heterocycles. The summed E-state index contributed by atoms with van der Waals surface area (Å²) in [6, 6.07) is -0.915. The molecule has 0 aromatic heterocycles. The van der Waals surface area contributed by atoms with Gasteiger partial charge in [0.1, 0.15) is 48.8 Å². The van der Waals surface area contributed by atoms with Gasteiger partial charge >= 0.3 is 0 Å². The van der Waals surface area contributed by atoms with Gasteiger partial charge < -0.3 is 65.1 Å². The number of ether oxygens (including phenoxy) is 4. The Balaban J connectivity index is 1.68. The van der Waals surface area contributed by atoms with Crippen LogP contribution < -0.4 is 5.32 Å². The molecule has 0 aromatic rings. The molecule has 2 rings (SSSR count). The second kappa shape index (κ2) is 48.4. The summed E-state index contributed by atoms with van der Waals surface area (Å²) in [4.78, 5) is 13.3. The summed E-state index contributed by atoms with van der Waals surface area (Å²) in [5.74, 6) is -0.240. The van der Waals surface area contributed by atoms with Gasteiger partial charge in [0.05, 0.1) is 32.0 Å². The fourth-order valence-electron chi connectivity index (χ4n) is 9.99. The number of carbonyl (C=O) groups excluding carboxylic acids is 1. The summed E-state index contributed by atoms with van der Waals surface area (Å²) in [5.41, 5.74) is 0. The Kier molecular flexibility index (Phi) is 44.5. The van der Waals surface area contributed by atoms with E-state index in [1.165, 1.54) is 148 Å². The number of rotatable bonds is 49. The summed E-state index contributed by atoms with van der Waals surface area (Å²) in [6.07, 6.45) is 45.5. The fourth-order valence-corrected chi connectivity index (χ4v) is 9.99. The SMILES string of the molecule is CC/C=C\C/C=C\C/C=C\C/C=C\CCCCCCCCCCCCCCCCCCC(=O)NC(COC1OC(CO)C(OC2OC(CO)C(O)C(O)C2O)C(O)C1O)C(O)/C=C/CCCCCCCCCCCCCC. The van der Waals surface area contributed by atoms with Gasteiger partial charge in [-0.25, -0.2) is 0 Å². The molecule has 0 saturated carbocycles. The van der Waals surface area contributed by atoms with Crippen LogP contribution in [0.2, 0.25) is 0 Å². The average Bonchev–Trinajstić information content (AvgIpc) is 3.43. The van der Waals surface area contributed by atoms with E-state index in [2.05, 4.69) is 67.8 Å². The van der Waals surface area contributed by atoms with Gasteiger partial charge in [0.25, 0.3) is 0 Å². The Morgan fingerprint density at radius 2 is 0.896 bits per heavy atom. The largest absolute Gasteiger partial charge is 0.394 e. The molecule has 2 saturated heterocycles. The molecule has 2 fully saturated rings. The summed E-state index contributed by atoms with van der Waals surface area (Å²) in [7, 11) is 0. The lowest BCUT2D eigenvalue weighted by Gasteiger charge is -2.46. The van der Waals surface area contributed by atoms with E-state index in [1.54, 1.807) is 6.08 Å². The van der Waals surface area contributed by atoms with E-state index < -0.39 is 86.8 Å². The minimum atomic E-state index is -1.79. The van der Waals surface area contributed by atoms with E-state index >= 15 is 0 Å². The predicted octanol–water partition coefficient (Wildman–Crippen LogP) is 10.9. The molecule has 0 bridgehead atoms. The number of unbranched alkanes of at least 4 members (excludes halogenated alkanes) is 28. The zero-order chi connectivity index (χ0) is 56.0. The Morgan fingerprint density at radius 3 is 1.38 bits per heavy atom. The number of aliphatic hydroxyl groups excluding tert-OH is 8. The Morgan fingerprint density at radius 1 is 0.481 bits per heavy atom. The lowest BCUT2D eigenvalue weighted by Crippen LogP contribution is -2.65. The zero-order valence-electron chi connectivity index (χ0n) is 48.2. The summed E-state index contributed by atoms with van der Waals surface area (Å²) >= 11 is 0. The molecule has 0 aromatic carbocycles. The highest BCUT2D eigenvalue weighted by molar-refractivity contribution is 5.76. The highest BCUT2D eigenvalue weighted by atomic mass is 16.7. The third-order valence-electron chi connectivity index (χ3n) is 15.0. The van der Waals surface area contributed by atoms with Crippen molar-refractivity contribution in [2.75, 3.05) is 19.8 Å². The summed E-state index contributed by atoms with van der Waals surface area (Å²) in [5, 5.41) is 87.1. The van der Waals surface area contributed by atoms with E-state index in [1.807, 2.05) is 6.08 Å². The molecule has 14 heteroatoms. The molecule has 12 atom stereocenters. The lowest BCUT2D eigenvalue weighted by molar-refractivity contribution is -0.359. The minimum absolute atomic E-state index is 0.240. The van der Waals surface area contributed by atoms with Crippen LogP contribution in [0.4, 0.5) is 0 Å². The summed E-state index contributed by atoms with van der Waals surface area (Å²) < 4.78 is 22.8. The summed E-state index contributed by atoms with van der Waals surface area (Å²) in [6.45, 7) is 2.69. The molecule has 2 heterocycles. The topological polar surface area (TPSA) is 228 Å². The van der Waals surface area contributed by atoms with Crippen LogP contribution in [0.3, 0.4) is 0 Å². The smallest absolute Gasteiger partial charge is 0.220 e. The van der Waals surface area contributed by atoms with Crippen LogP contribution in [0.5, 0.6) is 0 Å². The number of amides is 1. The Labute approximate surface area is 466 Å². The normalized spacial score (nSPS) is 25.1. The number of aliphatic hydroxyl groups is 8. The highest BCUT2D eigenvalue weighted by Gasteiger charge is 2.51. The van der Waals surface area contributed by atoms with Gasteiger partial charge in [0.15, 0.2) is 12.6 Å². The molecule has 0 aliphatic carbocycles. The van der Waals surface area contributed by atoms with Crippen molar-refractivity contribution in [1.29, 1.82) is 0 Å². The van der Waals surface area contributed by atoms with Crippen molar-refractivity contribution in [3.63, 3.8) is 0 Å². The zero-order valence-corrected chi connectivity index (χ0v) is 48.2. The first-order valence-electron chi connectivity index (χ1n) is 31.0. The first kappa shape index (κ1) is 70.8. The van der Waals surface area contributed by atoms with E-state index in [0.717, 1.165) is 64.2 Å². The first-order valence-corrected chi connectivity index (χ1v) is 31.0. The third kappa shape index (κ3) is 33.9. The predicted molar refractivity (Wildman–Crippen MR) is 309 cm³/mol. The first-order chi connectivity index (χ1) is 37.6. The second-order valence-corrected chi connectivity index (χ2v) is 21.8. The molecule has 9 N–H and O–H groups in total. The number of nitrogens with one attached hydrogen (secondary N) is 1. The molecule has 0 radical (unpaired) electrons. The van der Waals surface area contributed by atoms with Crippen molar-refractivity contribution in [1.82, 2.24) is 5.32 Å². The van der Waals surface area contributed by atoms with E-state index in [-0.39, 0.29) is 18.9 Å². The molecule has 12 unspecified atom stereocenters. The molecule has 1 amide bonds. The maximum absolute atomic E-state index is 13.3. The minimum Gasteiger partial charge on any atom is -0.394 e.